The molecule has 2 rings (SSSR count). The third-order valence-corrected chi connectivity index (χ3v) is 2.57. The fourth-order valence-electron chi connectivity index (χ4n) is 1.88. The molecule has 1 heterocycles. The zero-order valence-corrected chi connectivity index (χ0v) is 8.93. The van der Waals surface area contributed by atoms with Crippen molar-refractivity contribution in [1.82, 2.24) is 5.01 Å². The van der Waals surface area contributed by atoms with Gasteiger partial charge in [-0.2, -0.15) is 0 Å². The number of hydrazine groups is 1. The maximum absolute atomic E-state index is 11.5. The van der Waals surface area contributed by atoms with Crippen LogP contribution in [0.3, 0.4) is 0 Å². The molecular weight excluding hydrogens is 192 g/mol. The molecule has 0 saturated carbocycles. The molecule has 0 fully saturated rings. The van der Waals surface area contributed by atoms with Crippen LogP contribution in [0.1, 0.15) is 12.5 Å². The second kappa shape index (κ2) is 3.81. The van der Waals surface area contributed by atoms with Crippen LogP contribution in [0.15, 0.2) is 24.3 Å². The van der Waals surface area contributed by atoms with Gasteiger partial charge in [0, 0.05) is 6.54 Å². The van der Waals surface area contributed by atoms with E-state index in [1.165, 1.54) is 7.11 Å². The van der Waals surface area contributed by atoms with Gasteiger partial charge in [-0.25, -0.2) is 9.80 Å². The summed E-state index contributed by atoms with van der Waals surface area (Å²) >= 11 is 0. The lowest BCUT2D eigenvalue weighted by Gasteiger charge is -2.27. The molecule has 0 unspecified atom stereocenters. The zero-order valence-electron chi connectivity index (χ0n) is 8.93. The number of benzene rings is 1. The second-order valence-corrected chi connectivity index (χ2v) is 3.37. The van der Waals surface area contributed by atoms with Crippen molar-refractivity contribution in [2.75, 3.05) is 18.7 Å². The molecule has 0 spiro atoms. The number of nitrogens with zero attached hydrogens (tertiary/aromatic N) is 2. The predicted octanol–water partition coefficient (Wildman–Crippen LogP) is 2.01. The molecule has 0 aliphatic carbocycles. The number of para-hydroxylation sites is 1. The molecule has 1 aliphatic rings. The van der Waals surface area contributed by atoms with Gasteiger partial charge in [0.1, 0.15) is 0 Å². The zero-order chi connectivity index (χ0) is 10.8. The Balaban J connectivity index is 2.32. The Morgan fingerprint density at radius 1 is 1.47 bits per heavy atom. The molecular formula is C11H14N2O2. The van der Waals surface area contributed by atoms with Crippen molar-refractivity contribution >= 4 is 11.8 Å². The fourth-order valence-corrected chi connectivity index (χ4v) is 1.88. The molecule has 4 nitrogen and oxygen atoms in total. The van der Waals surface area contributed by atoms with E-state index >= 15 is 0 Å². The van der Waals surface area contributed by atoms with Crippen LogP contribution in [-0.2, 0) is 11.3 Å². The number of fused-ring (bicyclic) bond motifs is 1. The van der Waals surface area contributed by atoms with Gasteiger partial charge in [0.05, 0.1) is 19.3 Å². The van der Waals surface area contributed by atoms with Crippen LogP contribution in [-0.4, -0.2) is 24.8 Å². The van der Waals surface area contributed by atoms with Crippen molar-refractivity contribution < 1.29 is 9.53 Å². The Morgan fingerprint density at radius 2 is 2.20 bits per heavy atom. The van der Waals surface area contributed by atoms with Gasteiger partial charge in [-0.15, -0.1) is 0 Å². The van der Waals surface area contributed by atoms with Gasteiger partial charge < -0.3 is 4.74 Å². The van der Waals surface area contributed by atoms with Crippen LogP contribution in [0.25, 0.3) is 0 Å². The number of methoxy groups -OCH3 is 1. The highest BCUT2D eigenvalue weighted by atomic mass is 16.5. The smallest absolute Gasteiger partial charge is 0.428 e. The van der Waals surface area contributed by atoms with Crippen LogP contribution in [0, 0.1) is 0 Å². The number of carbonyl (C=O) groups is 1. The van der Waals surface area contributed by atoms with Crippen LogP contribution in [0.5, 0.6) is 0 Å². The quantitative estimate of drug-likeness (QED) is 0.704. The number of hydrogen-bond acceptors (Lipinski definition) is 3. The number of carbonyl (C=O) groups excluding carboxylic acids is 1. The van der Waals surface area contributed by atoms with Gasteiger partial charge in [0.15, 0.2) is 0 Å². The van der Waals surface area contributed by atoms with Crippen molar-refractivity contribution in [1.29, 1.82) is 0 Å². The molecule has 0 N–H and O–H groups in total. The van der Waals surface area contributed by atoms with Gasteiger partial charge in [0.25, 0.3) is 0 Å². The average Bonchev–Trinajstić information content (AvgIpc) is 2.66. The van der Waals surface area contributed by atoms with Crippen LogP contribution in [0.4, 0.5) is 10.5 Å². The van der Waals surface area contributed by atoms with Gasteiger partial charge in [-0.1, -0.05) is 18.2 Å². The standard InChI is InChI=1S/C11H14N2O2/c1-3-12-10-7-5-4-6-9(10)8-13(12)11(14)15-2/h4-7H,3,8H2,1-2H3. The normalized spacial score (nSPS) is 14.0. The van der Waals surface area contributed by atoms with Crippen LogP contribution in [0.2, 0.25) is 0 Å². The molecule has 1 amide bonds. The first kappa shape index (κ1) is 9.83. The number of amides is 1. The molecule has 0 radical (unpaired) electrons. The maximum atomic E-state index is 11.5. The minimum absolute atomic E-state index is 0.312. The van der Waals surface area contributed by atoms with Crippen molar-refractivity contribution in [3.63, 3.8) is 0 Å². The monoisotopic (exact) mass is 206 g/mol. The molecule has 0 atom stereocenters. The van der Waals surface area contributed by atoms with E-state index in [0.717, 1.165) is 17.8 Å². The lowest BCUT2D eigenvalue weighted by molar-refractivity contribution is 0.120. The van der Waals surface area contributed by atoms with Crippen molar-refractivity contribution in [3.8, 4) is 0 Å². The summed E-state index contributed by atoms with van der Waals surface area (Å²) in [5, 5.41) is 3.55. The molecule has 1 aromatic carbocycles. The van der Waals surface area contributed by atoms with Crippen molar-refractivity contribution in [2.45, 2.75) is 13.5 Å². The lowest BCUT2D eigenvalue weighted by atomic mass is 10.2. The third kappa shape index (κ3) is 1.52. The van der Waals surface area contributed by atoms with E-state index in [0.29, 0.717) is 6.54 Å². The van der Waals surface area contributed by atoms with Gasteiger partial charge in [-0.3, -0.25) is 5.01 Å². The highest BCUT2D eigenvalue weighted by Crippen LogP contribution is 2.30. The number of ether oxygens (including phenoxy) is 1. The van der Waals surface area contributed by atoms with Gasteiger partial charge in [0.2, 0.25) is 0 Å². The van der Waals surface area contributed by atoms with E-state index in [1.807, 2.05) is 36.2 Å². The second-order valence-electron chi connectivity index (χ2n) is 3.37. The summed E-state index contributed by atoms with van der Waals surface area (Å²) in [6.45, 7) is 3.36. The van der Waals surface area contributed by atoms with E-state index < -0.39 is 0 Å². The van der Waals surface area contributed by atoms with E-state index in [1.54, 1.807) is 5.01 Å². The first-order valence-corrected chi connectivity index (χ1v) is 4.98. The van der Waals surface area contributed by atoms with Crippen molar-refractivity contribution in [2.24, 2.45) is 0 Å². The molecule has 1 aliphatic heterocycles. The average molecular weight is 206 g/mol. The Hall–Kier alpha value is -1.71. The first-order chi connectivity index (χ1) is 7.27. The van der Waals surface area contributed by atoms with E-state index in [4.69, 9.17) is 4.74 Å². The lowest BCUT2D eigenvalue weighted by Crippen LogP contribution is -2.41. The summed E-state index contributed by atoms with van der Waals surface area (Å²) in [5.41, 5.74) is 2.25. The summed E-state index contributed by atoms with van der Waals surface area (Å²) in [7, 11) is 1.40. The predicted molar refractivity (Wildman–Crippen MR) is 57.4 cm³/mol. The highest BCUT2D eigenvalue weighted by Gasteiger charge is 2.29. The molecule has 0 bridgehead atoms. The summed E-state index contributed by atoms with van der Waals surface area (Å²) in [5.74, 6) is 0. The van der Waals surface area contributed by atoms with Gasteiger partial charge >= 0.3 is 6.09 Å². The Morgan fingerprint density at radius 3 is 2.87 bits per heavy atom. The summed E-state index contributed by atoms with van der Waals surface area (Å²) in [4.78, 5) is 11.5. The molecule has 0 saturated heterocycles. The maximum Gasteiger partial charge on any atom is 0.428 e. The van der Waals surface area contributed by atoms with E-state index in [-0.39, 0.29) is 6.09 Å². The Bertz CT molecular complexity index is 379. The fraction of sp³-hybridized carbons (Fsp3) is 0.364. The first-order valence-electron chi connectivity index (χ1n) is 4.98. The van der Waals surface area contributed by atoms with Gasteiger partial charge in [-0.05, 0) is 18.6 Å². The number of anilines is 1. The molecule has 4 heteroatoms. The van der Waals surface area contributed by atoms with E-state index in [9.17, 15) is 4.79 Å². The minimum Gasteiger partial charge on any atom is -0.452 e. The molecule has 80 valence electrons. The summed E-state index contributed by atoms with van der Waals surface area (Å²) in [6, 6.07) is 8.00. The number of hydrogen-bond donors (Lipinski definition) is 0. The Kier molecular flexibility index (Phi) is 2.49. The number of rotatable bonds is 1. The van der Waals surface area contributed by atoms with Crippen LogP contribution >= 0.6 is 0 Å². The summed E-state index contributed by atoms with van der Waals surface area (Å²) in [6.07, 6.45) is -0.312. The largest absolute Gasteiger partial charge is 0.452 e. The SMILES string of the molecule is CCN1c2ccccc2CN1C(=O)OC. The van der Waals surface area contributed by atoms with E-state index in [2.05, 4.69) is 0 Å². The molecule has 15 heavy (non-hydrogen) atoms. The minimum atomic E-state index is -0.312. The van der Waals surface area contributed by atoms with Crippen LogP contribution < -0.4 is 5.01 Å². The Labute approximate surface area is 89.0 Å². The highest BCUT2D eigenvalue weighted by molar-refractivity contribution is 5.74. The molecule has 0 aromatic heterocycles. The topological polar surface area (TPSA) is 32.8 Å². The summed E-state index contributed by atoms with van der Waals surface area (Å²) < 4.78 is 4.74. The molecule has 1 aromatic rings. The third-order valence-electron chi connectivity index (χ3n) is 2.57. The van der Waals surface area contributed by atoms with Crippen molar-refractivity contribution in [3.05, 3.63) is 29.8 Å².